The van der Waals surface area contributed by atoms with Crippen LogP contribution in [-0.4, -0.2) is 67.1 Å². The van der Waals surface area contributed by atoms with Gasteiger partial charge in [-0.3, -0.25) is 4.79 Å². The minimum atomic E-state index is -3.32. The first-order chi connectivity index (χ1) is 19.3. The summed E-state index contributed by atoms with van der Waals surface area (Å²) < 4.78 is 34.7. The largest absolute Gasteiger partial charge is 0.497 e. The summed E-state index contributed by atoms with van der Waals surface area (Å²) in [6, 6.07) is 17.2. The van der Waals surface area contributed by atoms with E-state index in [1.807, 2.05) is 66.1 Å². The van der Waals surface area contributed by atoms with Crippen molar-refractivity contribution in [2.24, 2.45) is 0 Å². The molecule has 2 heterocycles. The Morgan fingerprint density at radius 2 is 1.57 bits per heavy atom. The number of ether oxygens (including phenoxy) is 1. The minimum absolute atomic E-state index is 0.106. The molecule has 1 saturated heterocycles. The molecule has 0 atom stereocenters. The molecule has 1 aromatic heterocycles. The normalized spacial score (nSPS) is 14.4. The van der Waals surface area contributed by atoms with Gasteiger partial charge in [0.25, 0.3) is 5.91 Å². The smallest absolute Gasteiger partial charge is 0.255 e. The highest BCUT2D eigenvalue weighted by atomic mass is 35.5. The summed E-state index contributed by atoms with van der Waals surface area (Å²) in [4.78, 5) is 15.5. The summed E-state index contributed by atoms with van der Waals surface area (Å²) in [6.45, 7) is 5.46. The number of piperazine rings is 1. The number of carbonyl (C=O) groups is 1. The van der Waals surface area contributed by atoms with Crippen LogP contribution in [0.15, 0.2) is 54.6 Å². The summed E-state index contributed by atoms with van der Waals surface area (Å²) >= 11 is 6.60. The molecule has 0 saturated carbocycles. The molecular formula is C31H40ClN3O4S. The van der Waals surface area contributed by atoms with Gasteiger partial charge in [-0.05, 0) is 61.4 Å². The first-order valence-corrected chi connectivity index (χ1v) is 16.1. The van der Waals surface area contributed by atoms with Gasteiger partial charge in [0.05, 0.1) is 34.8 Å². The lowest BCUT2D eigenvalue weighted by molar-refractivity contribution is 0.0697. The van der Waals surface area contributed by atoms with E-state index in [1.54, 1.807) is 16.3 Å². The van der Waals surface area contributed by atoms with Crippen LogP contribution in [0.5, 0.6) is 5.75 Å². The molecule has 7 nitrogen and oxygen atoms in total. The van der Waals surface area contributed by atoms with E-state index >= 15 is 0 Å². The Hall–Kier alpha value is -2.81. The van der Waals surface area contributed by atoms with Gasteiger partial charge >= 0.3 is 0 Å². The number of aromatic nitrogens is 1. The van der Waals surface area contributed by atoms with E-state index in [4.69, 9.17) is 16.3 Å². The first-order valence-electron chi connectivity index (χ1n) is 14.2. The maximum Gasteiger partial charge on any atom is 0.255 e. The van der Waals surface area contributed by atoms with Crippen LogP contribution in [0.1, 0.15) is 61.5 Å². The Labute approximate surface area is 243 Å². The Balaban J connectivity index is 1.51. The highest BCUT2D eigenvalue weighted by molar-refractivity contribution is 7.89. The van der Waals surface area contributed by atoms with Gasteiger partial charge in [-0.25, -0.2) is 8.42 Å². The van der Waals surface area contributed by atoms with Crippen LogP contribution in [0.25, 0.3) is 16.9 Å². The van der Waals surface area contributed by atoms with Crippen LogP contribution in [0.2, 0.25) is 5.02 Å². The number of nitrogens with zero attached hydrogens (tertiary/aromatic N) is 3. The van der Waals surface area contributed by atoms with E-state index in [0.29, 0.717) is 43.2 Å². The molecule has 2 aromatic carbocycles. The van der Waals surface area contributed by atoms with Gasteiger partial charge < -0.3 is 14.2 Å². The fraction of sp³-hybridized carbons (Fsp3) is 0.452. The zero-order chi connectivity index (χ0) is 28.7. The molecule has 3 aromatic rings. The van der Waals surface area contributed by atoms with Crippen LogP contribution < -0.4 is 4.74 Å². The predicted octanol–water partition coefficient (Wildman–Crippen LogP) is 6.56. The van der Waals surface area contributed by atoms with E-state index in [-0.39, 0.29) is 11.7 Å². The number of sulfonamides is 1. The van der Waals surface area contributed by atoms with Gasteiger partial charge in [0.15, 0.2) is 0 Å². The van der Waals surface area contributed by atoms with Gasteiger partial charge in [-0.15, -0.1) is 0 Å². The fourth-order valence-electron chi connectivity index (χ4n) is 5.27. The second kappa shape index (κ2) is 13.7. The van der Waals surface area contributed by atoms with Crippen molar-refractivity contribution in [1.29, 1.82) is 0 Å². The third-order valence-corrected chi connectivity index (χ3v) is 9.91. The van der Waals surface area contributed by atoms with Crippen LogP contribution >= 0.6 is 11.6 Å². The summed E-state index contributed by atoms with van der Waals surface area (Å²) in [5.41, 5.74) is 3.92. The number of rotatable bonds is 12. The molecular weight excluding hydrogens is 546 g/mol. The third kappa shape index (κ3) is 6.90. The lowest BCUT2D eigenvalue weighted by atomic mass is 10.1. The van der Waals surface area contributed by atoms with Crippen LogP contribution in [-0.2, 0) is 10.0 Å². The molecule has 4 rings (SSSR count). The number of hydrogen-bond donors (Lipinski definition) is 0. The molecule has 9 heteroatoms. The van der Waals surface area contributed by atoms with Gasteiger partial charge in [0.1, 0.15) is 5.75 Å². The van der Waals surface area contributed by atoms with E-state index in [2.05, 4.69) is 6.92 Å². The molecule has 0 N–H and O–H groups in total. The van der Waals surface area contributed by atoms with E-state index < -0.39 is 10.0 Å². The van der Waals surface area contributed by atoms with Crippen LogP contribution in [0, 0.1) is 6.92 Å². The Bertz CT molecular complexity index is 1390. The summed E-state index contributed by atoms with van der Waals surface area (Å²) in [5, 5.41) is 0.583. The van der Waals surface area contributed by atoms with Crippen molar-refractivity contribution >= 4 is 27.5 Å². The molecule has 1 aliphatic rings. The zero-order valence-electron chi connectivity index (χ0n) is 23.7. The average Bonchev–Trinajstić information content (AvgIpc) is 3.31. The van der Waals surface area contributed by atoms with Crippen LogP contribution in [0.3, 0.4) is 0 Å². The molecule has 1 aliphatic heterocycles. The van der Waals surface area contributed by atoms with E-state index in [0.717, 1.165) is 47.7 Å². The highest BCUT2D eigenvalue weighted by Crippen LogP contribution is 2.34. The number of hydrogen-bond acceptors (Lipinski definition) is 4. The van der Waals surface area contributed by atoms with E-state index in [9.17, 15) is 13.2 Å². The standard InChI is InChI=1S/C31H40ClN3O4S/c1-4-5-6-7-8-11-22-40(37,38)34-20-18-33(19-21-34)31(36)27-23-30(25-14-16-26(39-3)17-15-25)35(24(27)2)29-13-10-9-12-28(29)32/h9-10,12-17,23H,4-8,11,18-22H2,1-3H3. The Kier molecular flexibility index (Phi) is 10.3. The van der Waals surface area contributed by atoms with Crippen molar-refractivity contribution in [3.05, 3.63) is 70.9 Å². The first kappa shape index (κ1) is 30.2. The average molecular weight is 586 g/mol. The van der Waals surface area contributed by atoms with Crippen molar-refractivity contribution in [2.45, 2.75) is 52.4 Å². The van der Waals surface area contributed by atoms with Crippen molar-refractivity contribution in [2.75, 3.05) is 39.0 Å². The topological polar surface area (TPSA) is 71.8 Å². The molecule has 0 unspecified atom stereocenters. The summed E-state index contributed by atoms with van der Waals surface area (Å²) in [7, 11) is -1.69. The van der Waals surface area contributed by atoms with Crippen LogP contribution in [0.4, 0.5) is 0 Å². The number of unbranched alkanes of at least 4 members (excludes halogenated alkanes) is 5. The number of amides is 1. The molecule has 1 fully saturated rings. The van der Waals surface area contributed by atoms with Gasteiger partial charge in [-0.1, -0.05) is 62.8 Å². The van der Waals surface area contributed by atoms with Crippen molar-refractivity contribution in [1.82, 2.24) is 13.8 Å². The predicted molar refractivity (Wildman–Crippen MR) is 162 cm³/mol. The third-order valence-electron chi connectivity index (χ3n) is 7.63. The molecule has 1 amide bonds. The number of halogens is 1. The van der Waals surface area contributed by atoms with E-state index in [1.165, 1.54) is 12.8 Å². The van der Waals surface area contributed by atoms with Gasteiger partial charge in [0, 0.05) is 31.9 Å². The van der Waals surface area contributed by atoms with Crippen molar-refractivity contribution < 1.29 is 17.9 Å². The lowest BCUT2D eigenvalue weighted by Gasteiger charge is -2.34. The molecule has 40 heavy (non-hydrogen) atoms. The molecule has 0 spiro atoms. The Morgan fingerprint density at radius 3 is 2.23 bits per heavy atom. The second-order valence-electron chi connectivity index (χ2n) is 10.3. The quantitative estimate of drug-likeness (QED) is 0.226. The summed E-state index contributed by atoms with van der Waals surface area (Å²) in [6.07, 6.45) is 6.25. The number of para-hydroxylation sites is 1. The van der Waals surface area contributed by atoms with Crippen molar-refractivity contribution in [3.63, 3.8) is 0 Å². The molecule has 216 valence electrons. The maximum atomic E-state index is 13.8. The fourth-order valence-corrected chi connectivity index (χ4v) is 7.04. The monoisotopic (exact) mass is 585 g/mol. The number of benzene rings is 2. The number of methoxy groups -OCH3 is 1. The van der Waals surface area contributed by atoms with Gasteiger partial charge in [-0.2, -0.15) is 4.31 Å². The Morgan fingerprint density at radius 1 is 0.925 bits per heavy atom. The van der Waals surface area contributed by atoms with Crippen molar-refractivity contribution in [3.8, 4) is 22.7 Å². The van der Waals surface area contributed by atoms with Gasteiger partial charge in [0.2, 0.25) is 10.0 Å². The molecule has 0 radical (unpaired) electrons. The number of carbonyl (C=O) groups excluding carboxylic acids is 1. The highest BCUT2D eigenvalue weighted by Gasteiger charge is 2.31. The summed E-state index contributed by atoms with van der Waals surface area (Å²) in [5.74, 6) is 0.820. The zero-order valence-corrected chi connectivity index (χ0v) is 25.3. The lowest BCUT2D eigenvalue weighted by Crippen LogP contribution is -2.51. The molecule has 0 aliphatic carbocycles. The maximum absolute atomic E-state index is 13.8. The molecule has 0 bridgehead atoms. The second-order valence-corrected chi connectivity index (χ2v) is 12.8. The minimum Gasteiger partial charge on any atom is -0.497 e. The SMILES string of the molecule is CCCCCCCCS(=O)(=O)N1CCN(C(=O)c2cc(-c3ccc(OC)cc3)n(-c3ccccc3Cl)c2C)CC1.